The molecule has 4 heteroatoms. The molecule has 1 fully saturated rings. The van der Waals surface area contributed by atoms with Crippen molar-refractivity contribution in [3.8, 4) is 0 Å². The van der Waals surface area contributed by atoms with E-state index in [0.717, 1.165) is 12.1 Å². The molecule has 2 N–H and O–H groups in total. The zero-order valence-electron chi connectivity index (χ0n) is 11.1. The van der Waals surface area contributed by atoms with E-state index in [4.69, 9.17) is 0 Å². The largest absolute Gasteiger partial charge is 0.393 e. The first-order valence-electron chi connectivity index (χ1n) is 6.60. The zero-order chi connectivity index (χ0) is 13.2. The van der Waals surface area contributed by atoms with Crippen molar-refractivity contribution in [3.63, 3.8) is 0 Å². The molecular weight excluding hydrogens is 228 g/mol. The highest BCUT2D eigenvalue weighted by Crippen LogP contribution is 2.28. The average Bonchev–Trinajstić information content (AvgIpc) is 2.77. The number of H-pyrrole nitrogens is 1. The van der Waals surface area contributed by atoms with Crippen LogP contribution in [-0.2, 0) is 11.2 Å². The number of aromatic amines is 1. The SMILES string of the molecule is CC1(C)CC(O)CCN1C(=O)CCc1ccc[nH]1. The summed E-state index contributed by atoms with van der Waals surface area (Å²) in [6.07, 6.45) is 4.24. The van der Waals surface area contributed by atoms with Gasteiger partial charge in [0.15, 0.2) is 0 Å². The summed E-state index contributed by atoms with van der Waals surface area (Å²) in [5.74, 6) is 0.182. The molecule has 18 heavy (non-hydrogen) atoms. The number of hydrogen-bond acceptors (Lipinski definition) is 2. The van der Waals surface area contributed by atoms with Gasteiger partial charge >= 0.3 is 0 Å². The first-order chi connectivity index (χ1) is 8.49. The Morgan fingerprint density at radius 3 is 3.00 bits per heavy atom. The molecule has 0 radical (unpaired) electrons. The van der Waals surface area contributed by atoms with Gasteiger partial charge in [-0.3, -0.25) is 4.79 Å². The standard InChI is InChI=1S/C14H22N2O2/c1-14(2)10-12(17)7-9-16(14)13(18)6-5-11-4-3-8-15-11/h3-4,8,12,15,17H,5-7,9-10H2,1-2H3. The molecule has 1 amide bonds. The Hall–Kier alpha value is -1.29. The molecule has 0 bridgehead atoms. The Balaban J connectivity index is 1.92. The Kier molecular flexibility index (Phi) is 3.76. The van der Waals surface area contributed by atoms with E-state index >= 15 is 0 Å². The summed E-state index contributed by atoms with van der Waals surface area (Å²) in [6.45, 7) is 4.72. The van der Waals surface area contributed by atoms with Crippen LogP contribution in [-0.4, -0.2) is 39.1 Å². The van der Waals surface area contributed by atoms with E-state index in [1.165, 1.54) is 0 Å². The molecular formula is C14H22N2O2. The normalized spacial score (nSPS) is 23.1. The van der Waals surface area contributed by atoms with E-state index < -0.39 is 0 Å². The van der Waals surface area contributed by atoms with Crippen molar-refractivity contribution in [1.29, 1.82) is 0 Å². The van der Waals surface area contributed by atoms with Crippen LogP contribution in [0.15, 0.2) is 18.3 Å². The van der Waals surface area contributed by atoms with E-state index in [-0.39, 0.29) is 17.6 Å². The van der Waals surface area contributed by atoms with Crippen LogP contribution in [0, 0.1) is 0 Å². The van der Waals surface area contributed by atoms with E-state index in [2.05, 4.69) is 4.98 Å². The first kappa shape index (κ1) is 13.1. The van der Waals surface area contributed by atoms with Gasteiger partial charge in [0.2, 0.25) is 5.91 Å². The molecule has 0 aromatic carbocycles. The Morgan fingerprint density at radius 2 is 2.39 bits per heavy atom. The zero-order valence-corrected chi connectivity index (χ0v) is 11.1. The molecule has 0 saturated carbocycles. The number of rotatable bonds is 3. The van der Waals surface area contributed by atoms with Gasteiger partial charge in [0.1, 0.15) is 0 Å². The van der Waals surface area contributed by atoms with Crippen molar-refractivity contribution < 1.29 is 9.90 Å². The van der Waals surface area contributed by atoms with Crippen molar-refractivity contribution in [2.75, 3.05) is 6.54 Å². The Labute approximate surface area is 108 Å². The summed E-state index contributed by atoms with van der Waals surface area (Å²) in [6, 6.07) is 3.94. The molecule has 2 heterocycles. The second kappa shape index (κ2) is 5.14. The third-order valence-electron chi connectivity index (χ3n) is 3.72. The summed E-state index contributed by atoms with van der Waals surface area (Å²) in [4.78, 5) is 17.3. The second-order valence-corrected chi connectivity index (χ2v) is 5.70. The smallest absolute Gasteiger partial charge is 0.223 e. The van der Waals surface area contributed by atoms with Crippen molar-refractivity contribution in [1.82, 2.24) is 9.88 Å². The maximum atomic E-state index is 12.2. The highest BCUT2D eigenvalue weighted by atomic mass is 16.3. The van der Waals surface area contributed by atoms with Gasteiger partial charge in [-0.2, -0.15) is 0 Å². The molecule has 0 aliphatic carbocycles. The number of likely N-dealkylation sites (tertiary alicyclic amines) is 1. The van der Waals surface area contributed by atoms with Crippen molar-refractivity contribution in [3.05, 3.63) is 24.0 Å². The van der Waals surface area contributed by atoms with E-state index in [1.54, 1.807) is 0 Å². The molecule has 1 aromatic rings. The van der Waals surface area contributed by atoms with Gasteiger partial charge in [-0.05, 0) is 45.2 Å². The number of nitrogens with zero attached hydrogens (tertiary/aromatic N) is 1. The molecule has 0 spiro atoms. The predicted octanol–water partition coefficient (Wildman–Crippen LogP) is 1.71. The molecule has 1 aliphatic heterocycles. The maximum Gasteiger partial charge on any atom is 0.223 e. The number of aliphatic hydroxyl groups is 1. The molecule has 100 valence electrons. The number of aliphatic hydroxyl groups excluding tert-OH is 1. The number of carbonyl (C=O) groups is 1. The van der Waals surface area contributed by atoms with Crippen molar-refractivity contribution >= 4 is 5.91 Å². The van der Waals surface area contributed by atoms with Crippen molar-refractivity contribution in [2.45, 2.75) is 51.2 Å². The first-order valence-corrected chi connectivity index (χ1v) is 6.60. The predicted molar refractivity (Wildman–Crippen MR) is 70.1 cm³/mol. The van der Waals surface area contributed by atoms with Crippen LogP contribution in [0.1, 0.15) is 38.8 Å². The van der Waals surface area contributed by atoms with Gasteiger partial charge in [0.05, 0.1) is 6.10 Å². The summed E-state index contributed by atoms with van der Waals surface area (Å²) in [7, 11) is 0. The summed E-state index contributed by atoms with van der Waals surface area (Å²) in [5.41, 5.74) is 0.864. The van der Waals surface area contributed by atoms with Gasteiger partial charge in [-0.15, -0.1) is 0 Å². The lowest BCUT2D eigenvalue weighted by Gasteiger charge is -2.44. The van der Waals surface area contributed by atoms with Crippen LogP contribution in [0.5, 0.6) is 0 Å². The van der Waals surface area contributed by atoms with Crippen LogP contribution in [0.4, 0.5) is 0 Å². The molecule has 1 aliphatic rings. The van der Waals surface area contributed by atoms with E-state index in [0.29, 0.717) is 25.8 Å². The minimum absolute atomic E-state index is 0.182. The lowest BCUT2D eigenvalue weighted by Crippen LogP contribution is -2.54. The van der Waals surface area contributed by atoms with Crippen LogP contribution < -0.4 is 0 Å². The number of amides is 1. The minimum Gasteiger partial charge on any atom is -0.393 e. The van der Waals surface area contributed by atoms with Gasteiger partial charge in [-0.25, -0.2) is 0 Å². The molecule has 2 rings (SSSR count). The molecule has 1 aromatic heterocycles. The summed E-state index contributed by atoms with van der Waals surface area (Å²) < 4.78 is 0. The van der Waals surface area contributed by atoms with Gasteiger partial charge in [0.25, 0.3) is 0 Å². The highest BCUT2D eigenvalue weighted by Gasteiger charge is 2.36. The summed E-state index contributed by atoms with van der Waals surface area (Å²) in [5, 5.41) is 9.68. The number of piperidine rings is 1. The number of hydrogen-bond donors (Lipinski definition) is 2. The fraction of sp³-hybridized carbons (Fsp3) is 0.643. The third kappa shape index (κ3) is 2.93. The van der Waals surface area contributed by atoms with E-state index in [1.807, 2.05) is 37.1 Å². The Bertz CT molecular complexity index is 398. The highest BCUT2D eigenvalue weighted by molar-refractivity contribution is 5.77. The van der Waals surface area contributed by atoms with Gasteiger partial charge in [0, 0.05) is 30.4 Å². The molecule has 1 atom stereocenters. The number of nitrogens with one attached hydrogen (secondary N) is 1. The van der Waals surface area contributed by atoms with Crippen LogP contribution in [0.3, 0.4) is 0 Å². The van der Waals surface area contributed by atoms with E-state index in [9.17, 15) is 9.90 Å². The Morgan fingerprint density at radius 1 is 1.61 bits per heavy atom. The quantitative estimate of drug-likeness (QED) is 0.858. The number of aromatic nitrogens is 1. The maximum absolute atomic E-state index is 12.2. The topological polar surface area (TPSA) is 56.3 Å². The molecule has 1 unspecified atom stereocenters. The van der Waals surface area contributed by atoms with Gasteiger partial charge in [-0.1, -0.05) is 0 Å². The van der Waals surface area contributed by atoms with Crippen LogP contribution in [0.25, 0.3) is 0 Å². The lowest BCUT2D eigenvalue weighted by atomic mass is 9.88. The fourth-order valence-corrected chi connectivity index (χ4v) is 2.73. The molecule has 4 nitrogen and oxygen atoms in total. The fourth-order valence-electron chi connectivity index (χ4n) is 2.73. The van der Waals surface area contributed by atoms with Crippen LogP contribution >= 0.6 is 0 Å². The molecule has 1 saturated heterocycles. The van der Waals surface area contributed by atoms with Crippen LogP contribution in [0.2, 0.25) is 0 Å². The number of carbonyl (C=O) groups excluding carboxylic acids is 1. The second-order valence-electron chi connectivity index (χ2n) is 5.70. The summed E-state index contributed by atoms with van der Waals surface area (Å²) >= 11 is 0. The monoisotopic (exact) mass is 250 g/mol. The van der Waals surface area contributed by atoms with Gasteiger partial charge < -0.3 is 15.0 Å². The number of aryl methyl sites for hydroxylation is 1. The lowest BCUT2D eigenvalue weighted by molar-refractivity contribution is -0.141. The minimum atomic E-state index is -0.271. The third-order valence-corrected chi connectivity index (χ3v) is 3.72. The average molecular weight is 250 g/mol. The van der Waals surface area contributed by atoms with Crippen molar-refractivity contribution in [2.24, 2.45) is 0 Å².